The maximum absolute atomic E-state index is 14.4. The SMILES string of the molecule is CC[C@@H](C)C(=O)N[C@H]1CCS[C@@H]2CC(C)(C)[C@@H](C(=O)N[C@H](C(=O)CCC#CC#CCNC(=O)[C@@H](NC(=O)[C@H]3N4C(=O)[C@@H](CC(=O)[C@H](C)NC)CCS[C@@H]4CC3(C)C)c3ccccc3)c3ccccc3)N2C1=O.S.S.S.S.S.S.S.S.S.S. The molecule has 4 fully saturated rings. The lowest BCUT2D eigenvalue weighted by Crippen LogP contribution is -2.57. The second-order valence-electron chi connectivity index (χ2n) is 20.7. The van der Waals surface area contributed by atoms with E-state index < -0.39 is 70.7 Å². The number of hydrogen-bond donors (Lipinski definition) is 5. The van der Waals surface area contributed by atoms with E-state index in [2.05, 4.69) is 50.3 Å². The molecular formula is C55H91N7O8S12. The van der Waals surface area contributed by atoms with Gasteiger partial charge < -0.3 is 36.4 Å². The van der Waals surface area contributed by atoms with E-state index in [1.54, 1.807) is 95.8 Å². The average molecular weight is 1360 g/mol. The quantitative estimate of drug-likeness (QED) is 0.107. The molecule has 466 valence electrons. The predicted octanol–water partition coefficient (Wildman–Crippen LogP) is 6.20. The first-order valence-electron chi connectivity index (χ1n) is 25.1. The molecule has 2 aromatic rings. The summed E-state index contributed by atoms with van der Waals surface area (Å²) in [5.74, 6) is 9.29. The van der Waals surface area contributed by atoms with Crippen molar-refractivity contribution in [2.75, 3.05) is 25.1 Å². The van der Waals surface area contributed by atoms with Gasteiger partial charge in [-0.25, -0.2) is 0 Å². The highest BCUT2D eigenvalue weighted by molar-refractivity contribution is 8.00. The van der Waals surface area contributed by atoms with E-state index in [4.69, 9.17) is 0 Å². The van der Waals surface area contributed by atoms with Crippen molar-refractivity contribution in [1.82, 2.24) is 36.4 Å². The zero-order valence-corrected chi connectivity index (χ0v) is 59.4. The molecule has 4 saturated heterocycles. The summed E-state index contributed by atoms with van der Waals surface area (Å²) >= 11 is 3.23. The second-order valence-corrected chi connectivity index (χ2v) is 23.2. The van der Waals surface area contributed by atoms with Crippen LogP contribution >= 0.6 is 158 Å². The fourth-order valence-electron chi connectivity index (χ4n) is 10.0. The molecule has 0 unspecified atom stereocenters. The Hall–Kier alpha value is -2.12. The van der Waals surface area contributed by atoms with Crippen LogP contribution in [-0.2, 0) is 38.4 Å². The fourth-order valence-corrected chi connectivity index (χ4v) is 13.2. The molecule has 15 nitrogen and oxygen atoms in total. The topological polar surface area (TPSA) is 203 Å². The maximum Gasteiger partial charge on any atom is 0.247 e. The van der Waals surface area contributed by atoms with Gasteiger partial charge in [0.05, 0.1) is 23.3 Å². The number of Topliss-reactive ketones (excluding diaryl/α,β-unsaturated/α-hetero) is 2. The minimum Gasteiger partial charge on any atom is -0.344 e. The summed E-state index contributed by atoms with van der Waals surface area (Å²) in [5, 5.41) is 14.1. The molecule has 4 heterocycles. The average Bonchev–Trinajstić information content (AvgIpc) is 3.68. The van der Waals surface area contributed by atoms with Crippen LogP contribution < -0.4 is 26.6 Å². The third-order valence-corrected chi connectivity index (χ3v) is 17.0. The van der Waals surface area contributed by atoms with Crippen molar-refractivity contribution < 1.29 is 38.4 Å². The number of carbonyl (C=O) groups excluding carboxylic acids is 8. The Bertz CT molecular complexity index is 2330. The lowest BCUT2D eigenvalue weighted by Gasteiger charge is -2.35. The van der Waals surface area contributed by atoms with E-state index >= 15 is 0 Å². The number of carbonyl (C=O) groups is 8. The van der Waals surface area contributed by atoms with Gasteiger partial charge in [-0.2, -0.15) is 135 Å². The number of fused-ring (bicyclic) bond motifs is 2. The summed E-state index contributed by atoms with van der Waals surface area (Å²) in [6.45, 7) is 13.2. The molecule has 0 radical (unpaired) electrons. The zero-order valence-electron chi connectivity index (χ0n) is 47.8. The van der Waals surface area contributed by atoms with E-state index in [0.29, 0.717) is 54.7 Å². The Morgan fingerprint density at radius 3 is 1.60 bits per heavy atom. The summed E-state index contributed by atoms with van der Waals surface area (Å²) in [6, 6.07) is 12.8. The molecule has 6 amide bonds. The number of rotatable bonds is 18. The number of ketones is 2. The van der Waals surface area contributed by atoms with E-state index in [-0.39, 0.29) is 207 Å². The van der Waals surface area contributed by atoms with Gasteiger partial charge in [-0.1, -0.05) is 114 Å². The van der Waals surface area contributed by atoms with Crippen LogP contribution in [-0.4, -0.2) is 117 Å². The van der Waals surface area contributed by atoms with Gasteiger partial charge in [0.15, 0.2) is 5.78 Å². The van der Waals surface area contributed by atoms with Crippen molar-refractivity contribution in [3.63, 3.8) is 0 Å². The Morgan fingerprint density at radius 1 is 0.634 bits per heavy atom. The minimum absolute atomic E-state index is 0. The molecule has 5 N–H and O–H groups in total. The highest BCUT2D eigenvalue weighted by Crippen LogP contribution is 2.48. The number of benzene rings is 2. The molecule has 27 heteroatoms. The Balaban J connectivity index is -0.00000198. The Labute approximate surface area is 565 Å². The number of amides is 6. The van der Waals surface area contributed by atoms with Gasteiger partial charge >= 0.3 is 0 Å². The van der Waals surface area contributed by atoms with Crippen molar-refractivity contribution in [2.24, 2.45) is 22.7 Å². The smallest absolute Gasteiger partial charge is 0.247 e. The monoisotopic (exact) mass is 1360 g/mol. The summed E-state index contributed by atoms with van der Waals surface area (Å²) in [7, 11) is 1.70. The van der Waals surface area contributed by atoms with Crippen molar-refractivity contribution in [2.45, 2.75) is 147 Å². The molecule has 10 atom stereocenters. The van der Waals surface area contributed by atoms with Gasteiger partial charge in [0.2, 0.25) is 35.4 Å². The highest BCUT2D eigenvalue weighted by Gasteiger charge is 2.56. The third-order valence-electron chi connectivity index (χ3n) is 14.5. The third kappa shape index (κ3) is 22.5. The summed E-state index contributed by atoms with van der Waals surface area (Å²) in [4.78, 5) is 114. The molecule has 0 saturated carbocycles. The number of hydrogen-bond acceptors (Lipinski definition) is 11. The van der Waals surface area contributed by atoms with E-state index in [9.17, 15) is 38.4 Å². The van der Waals surface area contributed by atoms with Crippen molar-refractivity contribution >= 4 is 205 Å². The van der Waals surface area contributed by atoms with Crippen LogP contribution in [0.15, 0.2) is 60.7 Å². The second kappa shape index (κ2) is 41.1. The molecule has 0 aromatic heterocycles. The largest absolute Gasteiger partial charge is 0.344 e. The van der Waals surface area contributed by atoms with Crippen molar-refractivity contribution in [3.8, 4) is 23.7 Å². The molecular weight excluding hydrogens is 1270 g/mol. The van der Waals surface area contributed by atoms with Crippen molar-refractivity contribution in [1.29, 1.82) is 0 Å². The minimum atomic E-state index is -1.10. The number of likely N-dealkylation sites (N-methyl/N-ethyl adjacent to an activating group) is 1. The molecule has 2 aromatic carbocycles. The van der Waals surface area contributed by atoms with Crippen LogP contribution in [0.1, 0.15) is 123 Å². The van der Waals surface area contributed by atoms with Crippen LogP contribution in [0.2, 0.25) is 0 Å². The fraction of sp³-hybridized carbons (Fsp3) is 0.564. The summed E-state index contributed by atoms with van der Waals surface area (Å²) in [6.07, 6.45) is 3.00. The number of nitrogens with zero attached hydrogens (tertiary/aromatic N) is 2. The van der Waals surface area contributed by atoms with Gasteiger partial charge in [-0.15, -0.1) is 23.5 Å². The summed E-state index contributed by atoms with van der Waals surface area (Å²) < 4.78 is 0. The predicted molar refractivity (Wildman–Crippen MR) is 384 cm³/mol. The summed E-state index contributed by atoms with van der Waals surface area (Å²) in [5.41, 5.74) is -0.0995. The maximum atomic E-state index is 14.4. The van der Waals surface area contributed by atoms with Gasteiger partial charge in [-0.3, -0.25) is 38.4 Å². The van der Waals surface area contributed by atoms with Gasteiger partial charge in [-0.05, 0) is 91.4 Å². The molecule has 82 heavy (non-hydrogen) atoms. The number of nitrogens with one attached hydrogen (secondary N) is 5. The van der Waals surface area contributed by atoms with Gasteiger partial charge in [0.25, 0.3) is 0 Å². The first-order chi connectivity index (χ1) is 34.3. The lowest BCUT2D eigenvalue weighted by molar-refractivity contribution is -0.145. The first kappa shape index (κ1) is 88.6. The van der Waals surface area contributed by atoms with Gasteiger partial charge in [0, 0.05) is 31.1 Å². The first-order valence-corrected chi connectivity index (χ1v) is 27.2. The van der Waals surface area contributed by atoms with Crippen LogP contribution in [0.3, 0.4) is 0 Å². The van der Waals surface area contributed by atoms with E-state index in [1.165, 1.54) is 0 Å². The zero-order chi connectivity index (χ0) is 52.3. The standard InChI is InChI=1S/C55H71N7O8S2.10H2S/c1-9-34(2)48(65)58-39-27-30-72-43-33-55(6,7)47(62(43)53(39)70)50(67)59-44(36-21-15-13-16-22-36)40(63)25-19-11-10-12-20-28-57-49(66)45(37-23-17-14-18-24-37)60-51(68)46-54(4,5)32-42-61(46)52(69)38(26-29-71-42)31-41(64)35(3)56-8;;;;;;;;;;/h13-18,21-24,34-35,38-39,42-47,56H,9,19,25-33H2,1-8H3,(H,57,66)(H,58,65)(H,59,67)(H,60,68);10*1H2/t34-,35+,38-,39+,42-,43-,44+,45+,46-,47-;;;;;;;;;;/m1........../s1. The van der Waals surface area contributed by atoms with Crippen molar-refractivity contribution in [3.05, 3.63) is 71.8 Å². The van der Waals surface area contributed by atoms with Gasteiger partial charge in [0.1, 0.15) is 36.0 Å². The lowest BCUT2D eigenvalue weighted by atomic mass is 9.83. The molecule has 0 bridgehead atoms. The highest BCUT2D eigenvalue weighted by atomic mass is 32.2. The van der Waals surface area contributed by atoms with E-state index in [0.717, 1.165) is 0 Å². The normalized spacial score (nSPS) is 21.7. The Kier molecular flexibility index (Phi) is 44.4. The van der Waals surface area contributed by atoms with Crippen LogP contribution in [0, 0.1) is 46.3 Å². The Morgan fingerprint density at radius 2 is 1.10 bits per heavy atom. The van der Waals surface area contributed by atoms with Crippen LogP contribution in [0.25, 0.3) is 0 Å². The number of thioether (sulfide) groups is 2. The van der Waals surface area contributed by atoms with Crippen LogP contribution in [0.4, 0.5) is 0 Å². The van der Waals surface area contributed by atoms with E-state index in [1.807, 2.05) is 53.7 Å². The molecule has 4 aliphatic rings. The van der Waals surface area contributed by atoms with Crippen LogP contribution in [0.5, 0.6) is 0 Å². The molecule has 6 rings (SSSR count). The molecule has 0 aliphatic carbocycles. The molecule has 0 spiro atoms. The molecule has 4 aliphatic heterocycles.